The van der Waals surface area contributed by atoms with Gasteiger partial charge in [-0.05, 0) is 61.9 Å². The van der Waals surface area contributed by atoms with Crippen LogP contribution < -0.4 is 11.1 Å². The fourth-order valence-corrected chi connectivity index (χ4v) is 2.07. The summed E-state index contributed by atoms with van der Waals surface area (Å²) in [5.74, 6) is -0.0929. The summed E-state index contributed by atoms with van der Waals surface area (Å²) in [6, 6.07) is 2.21. The van der Waals surface area contributed by atoms with Crippen molar-refractivity contribution in [2.75, 3.05) is 13.1 Å². The molecule has 0 atom stereocenters. The van der Waals surface area contributed by atoms with E-state index in [0.29, 0.717) is 6.54 Å². The van der Waals surface area contributed by atoms with Crippen LogP contribution in [0.1, 0.15) is 27.8 Å². The minimum absolute atomic E-state index is 0.0603. The molecule has 0 heterocycles. The number of carbonyl (C=O) groups is 1. The Hall–Kier alpha value is -1.35. The standard InChI is InChI=1S/C14H22N2O/c1-9-7-10(2)12(4)13(11(9)3)5-6-16-14(17)8-15/h7H,5-6,8,15H2,1-4H3,(H,16,17). The van der Waals surface area contributed by atoms with Crippen LogP contribution in [0.25, 0.3) is 0 Å². The first-order valence-corrected chi connectivity index (χ1v) is 6.00. The number of amides is 1. The van der Waals surface area contributed by atoms with Crippen LogP contribution in [-0.4, -0.2) is 19.0 Å². The summed E-state index contributed by atoms with van der Waals surface area (Å²) in [4.78, 5) is 11.1. The number of benzene rings is 1. The smallest absolute Gasteiger partial charge is 0.233 e. The molecule has 3 heteroatoms. The summed E-state index contributed by atoms with van der Waals surface area (Å²) in [5, 5.41) is 2.81. The highest BCUT2D eigenvalue weighted by Gasteiger charge is 2.08. The Morgan fingerprint density at radius 3 is 2.18 bits per heavy atom. The molecule has 0 aliphatic rings. The first kappa shape index (κ1) is 13.7. The highest BCUT2D eigenvalue weighted by atomic mass is 16.1. The average molecular weight is 234 g/mol. The topological polar surface area (TPSA) is 55.1 Å². The third-order valence-corrected chi connectivity index (χ3v) is 3.40. The number of nitrogens with two attached hydrogens (primary N) is 1. The van der Waals surface area contributed by atoms with Gasteiger partial charge in [0.1, 0.15) is 0 Å². The van der Waals surface area contributed by atoms with Gasteiger partial charge in [0.15, 0.2) is 0 Å². The van der Waals surface area contributed by atoms with Gasteiger partial charge in [0.25, 0.3) is 0 Å². The largest absolute Gasteiger partial charge is 0.355 e. The van der Waals surface area contributed by atoms with Crippen molar-refractivity contribution in [1.29, 1.82) is 0 Å². The van der Waals surface area contributed by atoms with Crippen LogP contribution in [0, 0.1) is 27.7 Å². The van der Waals surface area contributed by atoms with Gasteiger partial charge in [0.05, 0.1) is 6.54 Å². The molecule has 0 bridgehead atoms. The lowest BCUT2D eigenvalue weighted by Gasteiger charge is -2.15. The van der Waals surface area contributed by atoms with Gasteiger partial charge in [0, 0.05) is 6.54 Å². The number of rotatable bonds is 4. The predicted octanol–water partition coefficient (Wildman–Crippen LogP) is 1.54. The van der Waals surface area contributed by atoms with E-state index in [-0.39, 0.29) is 12.5 Å². The molecule has 1 aromatic rings. The summed E-state index contributed by atoms with van der Waals surface area (Å²) >= 11 is 0. The van der Waals surface area contributed by atoms with E-state index < -0.39 is 0 Å². The molecule has 1 rings (SSSR count). The number of carbonyl (C=O) groups excluding carboxylic acids is 1. The van der Waals surface area contributed by atoms with Crippen LogP contribution in [-0.2, 0) is 11.2 Å². The minimum Gasteiger partial charge on any atom is -0.355 e. The summed E-state index contributed by atoms with van der Waals surface area (Å²) in [7, 11) is 0. The summed E-state index contributed by atoms with van der Waals surface area (Å²) in [6.45, 7) is 9.25. The molecular weight excluding hydrogens is 212 g/mol. The molecule has 1 aromatic carbocycles. The molecule has 0 aliphatic heterocycles. The molecule has 0 saturated carbocycles. The van der Waals surface area contributed by atoms with Gasteiger partial charge in [-0.25, -0.2) is 0 Å². The van der Waals surface area contributed by atoms with E-state index in [1.54, 1.807) is 0 Å². The lowest BCUT2D eigenvalue weighted by molar-refractivity contribution is -0.119. The average Bonchev–Trinajstić information content (AvgIpc) is 2.30. The van der Waals surface area contributed by atoms with E-state index in [1.165, 1.54) is 27.8 Å². The molecular formula is C14H22N2O. The Labute approximate surface area is 103 Å². The van der Waals surface area contributed by atoms with Crippen molar-refractivity contribution in [2.24, 2.45) is 5.73 Å². The van der Waals surface area contributed by atoms with Gasteiger partial charge in [-0.2, -0.15) is 0 Å². The van der Waals surface area contributed by atoms with Crippen LogP contribution >= 0.6 is 0 Å². The van der Waals surface area contributed by atoms with E-state index in [4.69, 9.17) is 5.73 Å². The van der Waals surface area contributed by atoms with Crippen LogP contribution in [0.4, 0.5) is 0 Å². The second-order valence-electron chi connectivity index (χ2n) is 4.54. The molecule has 3 N–H and O–H groups in total. The Morgan fingerprint density at radius 1 is 1.18 bits per heavy atom. The maximum atomic E-state index is 11.1. The van der Waals surface area contributed by atoms with Gasteiger partial charge in [-0.3, -0.25) is 4.79 Å². The van der Waals surface area contributed by atoms with Gasteiger partial charge in [-0.1, -0.05) is 6.07 Å². The maximum Gasteiger partial charge on any atom is 0.233 e. The second kappa shape index (κ2) is 5.82. The van der Waals surface area contributed by atoms with E-state index in [0.717, 1.165) is 6.42 Å². The molecule has 0 radical (unpaired) electrons. The van der Waals surface area contributed by atoms with E-state index in [9.17, 15) is 4.79 Å². The van der Waals surface area contributed by atoms with Crippen molar-refractivity contribution in [3.8, 4) is 0 Å². The third-order valence-electron chi connectivity index (χ3n) is 3.40. The first-order valence-electron chi connectivity index (χ1n) is 6.00. The molecule has 0 spiro atoms. The zero-order valence-electron chi connectivity index (χ0n) is 11.2. The van der Waals surface area contributed by atoms with Crippen molar-refractivity contribution in [3.05, 3.63) is 33.9 Å². The molecule has 94 valence electrons. The minimum atomic E-state index is -0.0929. The van der Waals surface area contributed by atoms with Gasteiger partial charge in [0.2, 0.25) is 5.91 Å². The lowest BCUT2D eigenvalue weighted by atomic mass is 9.92. The molecule has 0 aliphatic carbocycles. The quantitative estimate of drug-likeness (QED) is 0.830. The summed E-state index contributed by atoms with van der Waals surface area (Å²) in [5.41, 5.74) is 11.9. The highest BCUT2D eigenvalue weighted by Crippen LogP contribution is 2.21. The highest BCUT2D eigenvalue weighted by molar-refractivity contribution is 5.77. The van der Waals surface area contributed by atoms with Crippen molar-refractivity contribution < 1.29 is 4.79 Å². The Kier molecular flexibility index (Phi) is 4.70. The number of nitrogens with one attached hydrogen (secondary N) is 1. The van der Waals surface area contributed by atoms with Gasteiger partial charge >= 0.3 is 0 Å². The Bertz CT molecular complexity index is 398. The summed E-state index contributed by atoms with van der Waals surface area (Å²) in [6.07, 6.45) is 0.867. The van der Waals surface area contributed by atoms with E-state index >= 15 is 0 Å². The van der Waals surface area contributed by atoms with Crippen molar-refractivity contribution in [1.82, 2.24) is 5.32 Å². The number of hydrogen-bond acceptors (Lipinski definition) is 2. The van der Waals surface area contributed by atoms with Crippen LogP contribution in [0.2, 0.25) is 0 Å². The number of aryl methyl sites for hydroxylation is 2. The molecule has 0 saturated heterocycles. The third kappa shape index (κ3) is 3.30. The van der Waals surface area contributed by atoms with Crippen LogP contribution in [0.5, 0.6) is 0 Å². The molecule has 1 amide bonds. The van der Waals surface area contributed by atoms with E-state index in [1.807, 2.05) is 0 Å². The number of hydrogen-bond donors (Lipinski definition) is 2. The first-order chi connectivity index (χ1) is 7.97. The lowest BCUT2D eigenvalue weighted by Crippen LogP contribution is -2.32. The second-order valence-corrected chi connectivity index (χ2v) is 4.54. The normalized spacial score (nSPS) is 10.4. The zero-order chi connectivity index (χ0) is 13.0. The van der Waals surface area contributed by atoms with Crippen molar-refractivity contribution >= 4 is 5.91 Å². The maximum absolute atomic E-state index is 11.1. The van der Waals surface area contributed by atoms with Crippen molar-refractivity contribution in [3.63, 3.8) is 0 Å². The van der Waals surface area contributed by atoms with E-state index in [2.05, 4.69) is 39.1 Å². The molecule has 17 heavy (non-hydrogen) atoms. The fourth-order valence-electron chi connectivity index (χ4n) is 2.07. The molecule has 0 aromatic heterocycles. The molecule has 0 fully saturated rings. The van der Waals surface area contributed by atoms with Crippen LogP contribution in [0.3, 0.4) is 0 Å². The monoisotopic (exact) mass is 234 g/mol. The fraction of sp³-hybridized carbons (Fsp3) is 0.500. The predicted molar refractivity (Wildman–Crippen MR) is 71.2 cm³/mol. The summed E-state index contributed by atoms with van der Waals surface area (Å²) < 4.78 is 0. The Morgan fingerprint density at radius 2 is 1.71 bits per heavy atom. The Balaban J connectivity index is 2.80. The SMILES string of the molecule is Cc1cc(C)c(C)c(CCNC(=O)CN)c1C. The molecule has 0 unspecified atom stereocenters. The van der Waals surface area contributed by atoms with Crippen LogP contribution in [0.15, 0.2) is 6.07 Å². The van der Waals surface area contributed by atoms with Gasteiger partial charge in [-0.15, -0.1) is 0 Å². The molecule has 3 nitrogen and oxygen atoms in total. The zero-order valence-corrected chi connectivity index (χ0v) is 11.2. The van der Waals surface area contributed by atoms with Crippen molar-refractivity contribution in [2.45, 2.75) is 34.1 Å². The van der Waals surface area contributed by atoms with Gasteiger partial charge < -0.3 is 11.1 Å².